The Morgan fingerprint density at radius 2 is 1.77 bits per heavy atom. The molecule has 0 aliphatic carbocycles. The number of rotatable bonds is 7. The maximum absolute atomic E-state index is 12.4. The first-order chi connectivity index (χ1) is 15.0. The summed E-state index contributed by atoms with van der Waals surface area (Å²) in [6, 6.07) is 17.3. The van der Waals surface area contributed by atoms with Gasteiger partial charge in [0.25, 0.3) is 5.91 Å². The topological polar surface area (TPSA) is 97.6 Å². The van der Waals surface area contributed by atoms with Crippen LogP contribution in [0.25, 0.3) is 6.08 Å². The fourth-order valence-corrected chi connectivity index (χ4v) is 2.71. The summed E-state index contributed by atoms with van der Waals surface area (Å²) >= 11 is 0. The number of hydrogen-bond donors (Lipinski definition) is 2. The molecule has 158 valence electrons. The summed E-state index contributed by atoms with van der Waals surface area (Å²) < 4.78 is 10.4. The van der Waals surface area contributed by atoms with E-state index in [1.165, 1.54) is 12.1 Å². The van der Waals surface area contributed by atoms with Crippen LogP contribution in [-0.2, 0) is 4.74 Å². The van der Waals surface area contributed by atoms with Gasteiger partial charge in [-0.05, 0) is 50.3 Å². The third-order valence-electron chi connectivity index (χ3n) is 4.29. The molecule has 1 aromatic heterocycles. The highest BCUT2D eigenvalue weighted by molar-refractivity contribution is 6.04. The van der Waals surface area contributed by atoms with Crippen molar-refractivity contribution in [3.05, 3.63) is 99.7 Å². The number of amides is 1. The second-order valence-corrected chi connectivity index (χ2v) is 6.61. The predicted molar refractivity (Wildman–Crippen MR) is 119 cm³/mol. The first-order valence-electron chi connectivity index (χ1n) is 9.69. The Morgan fingerprint density at radius 3 is 2.45 bits per heavy atom. The van der Waals surface area contributed by atoms with E-state index < -0.39 is 17.5 Å². The van der Waals surface area contributed by atoms with E-state index in [4.69, 9.17) is 9.15 Å². The van der Waals surface area contributed by atoms with Gasteiger partial charge in [-0.2, -0.15) is 0 Å². The van der Waals surface area contributed by atoms with E-state index in [-0.39, 0.29) is 23.6 Å². The van der Waals surface area contributed by atoms with E-state index in [2.05, 4.69) is 10.6 Å². The van der Waals surface area contributed by atoms with Crippen molar-refractivity contribution in [2.24, 2.45) is 0 Å². The second-order valence-electron chi connectivity index (χ2n) is 6.61. The van der Waals surface area contributed by atoms with Crippen LogP contribution in [0.15, 0.2) is 76.1 Å². The summed E-state index contributed by atoms with van der Waals surface area (Å²) in [5, 5.41) is 5.53. The van der Waals surface area contributed by atoms with E-state index in [1.807, 2.05) is 31.2 Å². The van der Waals surface area contributed by atoms with Crippen molar-refractivity contribution in [3.8, 4) is 0 Å². The molecule has 0 bridgehead atoms. The minimum absolute atomic E-state index is 0.0146. The van der Waals surface area contributed by atoms with Gasteiger partial charge in [-0.15, -0.1) is 0 Å². The molecule has 0 aliphatic heterocycles. The highest BCUT2D eigenvalue weighted by atomic mass is 16.5. The summed E-state index contributed by atoms with van der Waals surface area (Å²) in [4.78, 5) is 37.2. The molecular formula is C24H22N2O5. The average Bonchev–Trinajstić information content (AvgIpc) is 2.77. The van der Waals surface area contributed by atoms with Crippen LogP contribution in [0.4, 0.5) is 11.4 Å². The molecule has 0 unspecified atom stereocenters. The largest absolute Gasteiger partial charge is 0.462 e. The molecule has 7 heteroatoms. The van der Waals surface area contributed by atoms with Crippen molar-refractivity contribution in [1.82, 2.24) is 0 Å². The Balaban J connectivity index is 1.88. The van der Waals surface area contributed by atoms with E-state index >= 15 is 0 Å². The minimum atomic E-state index is -0.785. The zero-order valence-electron chi connectivity index (χ0n) is 17.2. The summed E-state index contributed by atoms with van der Waals surface area (Å²) in [6.07, 6.45) is 3.00. The summed E-state index contributed by atoms with van der Waals surface area (Å²) in [5.74, 6) is -1.15. The van der Waals surface area contributed by atoms with Gasteiger partial charge in [-0.3, -0.25) is 4.79 Å². The lowest BCUT2D eigenvalue weighted by molar-refractivity contribution is 0.0522. The van der Waals surface area contributed by atoms with Crippen LogP contribution in [0.2, 0.25) is 0 Å². The van der Waals surface area contributed by atoms with Crippen molar-refractivity contribution in [1.29, 1.82) is 0 Å². The number of nitrogens with one attached hydrogen (secondary N) is 2. The van der Waals surface area contributed by atoms with Gasteiger partial charge in [0.15, 0.2) is 0 Å². The molecule has 0 atom stereocenters. The molecule has 1 amide bonds. The fraction of sp³-hybridized carbons (Fsp3) is 0.125. The van der Waals surface area contributed by atoms with Crippen LogP contribution in [0.3, 0.4) is 0 Å². The van der Waals surface area contributed by atoms with Crippen LogP contribution in [-0.4, -0.2) is 18.5 Å². The molecule has 3 rings (SSSR count). The third-order valence-corrected chi connectivity index (χ3v) is 4.29. The van der Waals surface area contributed by atoms with Gasteiger partial charge in [0.2, 0.25) is 0 Å². The summed E-state index contributed by atoms with van der Waals surface area (Å²) in [6.45, 7) is 3.80. The number of anilines is 2. The van der Waals surface area contributed by atoms with E-state index in [0.29, 0.717) is 5.56 Å². The molecule has 3 aromatic rings. The Morgan fingerprint density at radius 1 is 1.06 bits per heavy atom. The Labute approximate surface area is 179 Å². The standard InChI is InChI=1S/C24H22N2O5/c1-3-30-23(28)19-15-20(26-22(27)17-7-5-4-6-8-17)24(29)31-21(19)13-14-25-18-11-9-16(2)10-12-18/h4-15,25H,3H2,1-2H3,(H,26,27)/b14-13+. The highest BCUT2D eigenvalue weighted by Crippen LogP contribution is 2.17. The summed E-state index contributed by atoms with van der Waals surface area (Å²) in [5.41, 5.74) is 1.40. The minimum Gasteiger partial charge on any atom is -0.462 e. The van der Waals surface area contributed by atoms with Gasteiger partial charge < -0.3 is 19.8 Å². The zero-order valence-corrected chi connectivity index (χ0v) is 17.2. The van der Waals surface area contributed by atoms with E-state index in [1.54, 1.807) is 43.5 Å². The Bertz CT molecular complexity index is 1150. The zero-order chi connectivity index (χ0) is 22.2. The number of ether oxygens (including phenoxy) is 1. The van der Waals surface area contributed by atoms with Gasteiger partial charge in [-0.25, -0.2) is 9.59 Å². The van der Waals surface area contributed by atoms with Gasteiger partial charge in [0.1, 0.15) is 17.0 Å². The Kier molecular flexibility index (Phi) is 7.01. The smallest absolute Gasteiger partial charge is 0.360 e. The third kappa shape index (κ3) is 5.70. The van der Waals surface area contributed by atoms with Crippen molar-refractivity contribution in [2.45, 2.75) is 13.8 Å². The molecule has 0 aliphatic rings. The number of carbonyl (C=O) groups is 2. The van der Waals surface area contributed by atoms with Crippen LogP contribution >= 0.6 is 0 Å². The fourth-order valence-electron chi connectivity index (χ4n) is 2.71. The van der Waals surface area contributed by atoms with Gasteiger partial charge in [0.05, 0.1) is 6.61 Å². The first kappa shape index (κ1) is 21.6. The lowest BCUT2D eigenvalue weighted by Gasteiger charge is -2.09. The molecule has 31 heavy (non-hydrogen) atoms. The van der Waals surface area contributed by atoms with E-state index in [9.17, 15) is 14.4 Å². The number of esters is 1. The quantitative estimate of drug-likeness (QED) is 0.550. The van der Waals surface area contributed by atoms with Crippen LogP contribution in [0, 0.1) is 6.92 Å². The normalized spacial score (nSPS) is 10.6. The number of carbonyl (C=O) groups excluding carboxylic acids is 2. The Hall–Kier alpha value is -4.13. The molecule has 0 radical (unpaired) electrons. The van der Waals surface area contributed by atoms with Crippen LogP contribution < -0.4 is 16.3 Å². The monoisotopic (exact) mass is 418 g/mol. The molecule has 2 aromatic carbocycles. The molecule has 0 spiro atoms. The first-order valence-corrected chi connectivity index (χ1v) is 9.69. The molecule has 0 saturated heterocycles. The molecule has 0 fully saturated rings. The lowest BCUT2D eigenvalue weighted by Crippen LogP contribution is -2.20. The summed E-state index contributed by atoms with van der Waals surface area (Å²) in [7, 11) is 0. The predicted octanol–water partition coefficient (Wildman–Crippen LogP) is 4.46. The maximum Gasteiger partial charge on any atom is 0.360 e. The molecule has 2 N–H and O–H groups in total. The number of hydrogen-bond acceptors (Lipinski definition) is 6. The number of aryl methyl sites for hydroxylation is 1. The highest BCUT2D eigenvalue weighted by Gasteiger charge is 2.19. The molecule has 0 saturated carbocycles. The van der Waals surface area contributed by atoms with Crippen molar-refractivity contribution in [2.75, 3.05) is 17.2 Å². The van der Waals surface area contributed by atoms with Crippen molar-refractivity contribution in [3.63, 3.8) is 0 Å². The average molecular weight is 418 g/mol. The molecular weight excluding hydrogens is 396 g/mol. The van der Waals surface area contributed by atoms with Gasteiger partial charge in [0, 0.05) is 17.5 Å². The SMILES string of the molecule is CCOC(=O)c1cc(NC(=O)c2ccccc2)c(=O)oc1/C=C/Nc1ccc(C)cc1. The van der Waals surface area contributed by atoms with Gasteiger partial charge >= 0.3 is 11.6 Å². The second kappa shape index (κ2) is 10.1. The lowest BCUT2D eigenvalue weighted by atomic mass is 10.1. The molecule has 1 heterocycles. The van der Waals surface area contributed by atoms with Crippen molar-refractivity contribution < 1.29 is 18.7 Å². The van der Waals surface area contributed by atoms with E-state index in [0.717, 1.165) is 11.3 Å². The molecule has 7 nitrogen and oxygen atoms in total. The maximum atomic E-state index is 12.4. The van der Waals surface area contributed by atoms with Crippen LogP contribution in [0.1, 0.15) is 39.0 Å². The number of benzene rings is 2. The van der Waals surface area contributed by atoms with Crippen LogP contribution in [0.5, 0.6) is 0 Å². The van der Waals surface area contributed by atoms with Crippen molar-refractivity contribution >= 4 is 29.3 Å². The van der Waals surface area contributed by atoms with Gasteiger partial charge in [-0.1, -0.05) is 35.9 Å².